The lowest BCUT2D eigenvalue weighted by Crippen LogP contribution is -2.48. The Hall–Kier alpha value is -3.70. The molecule has 0 unspecified atom stereocenters. The fourth-order valence-corrected chi connectivity index (χ4v) is 4.19. The summed E-state index contributed by atoms with van der Waals surface area (Å²) in [5, 5.41) is 4.75. The van der Waals surface area contributed by atoms with Gasteiger partial charge in [0, 0.05) is 37.4 Å². The largest absolute Gasteiger partial charge is 0.369 e. The third-order valence-electron chi connectivity index (χ3n) is 5.96. The number of rotatable bonds is 5. The number of para-hydroxylation sites is 1. The van der Waals surface area contributed by atoms with Gasteiger partial charge in [0.2, 0.25) is 0 Å². The normalized spacial score (nSPS) is 14.4. The standard InChI is InChI=1S/C27H26N4O/c32-27-25(22-10-4-1-5-11-22)20-26(23-12-6-2-7-13-23)28-31(27)21-29-16-18-30(19-17-29)24-14-8-3-9-15-24/h1-15,20H,16-19,21H2. The predicted molar refractivity (Wildman–Crippen MR) is 130 cm³/mol. The average molecular weight is 423 g/mol. The molecule has 0 aliphatic carbocycles. The highest BCUT2D eigenvalue weighted by molar-refractivity contribution is 5.69. The summed E-state index contributed by atoms with van der Waals surface area (Å²) in [5.41, 5.74) is 4.61. The molecule has 4 aromatic rings. The first-order valence-electron chi connectivity index (χ1n) is 11.0. The minimum atomic E-state index is -0.0543. The van der Waals surface area contributed by atoms with Crippen LogP contribution in [0.15, 0.2) is 102 Å². The van der Waals surface area contributed by atoms with Crippen LogP contribution in [-0.2, 0) is 6.67 Å². The van der Waals surface area contributed by atoms with Crippen molar-refractivity contribution in [2.24, 2.45) is 0 Å². The first-order chi connectivity index (χ1) is 15.8. The summed E-state index contributed by atoms with van der Waals surface area (Å²) in [7, 11) is 0. The number of anilines is 1. The molecule has 0 atom stereocenters. The molecule has 0 spiro atoms. The zero-order chi connectivity index (χ0) is 21.8. The van der Waals surface area contributed by atoms with Gasteiger partial charge in [-0.25, -0.2) is 4.68 Å². The Morgan fingerprint density at radius 1 is 0.688 bits per heavy atom. The maximum Gasteiger partial charge on any atom is 0.275 e. The fraction of sp³-hybridized carbons (Fsp3) is 0.185. The fourth-order valence-electron chi connectivity index (χ4n) is 4.19. The van der Waals surface area contributed by atoms with E-state index in [-0.39, 0.29) is 5.56 Å². The summed E-state index contributed by atoms with van der Waals surface area (Å²) in [6.07, 6.45) is 0. The Balaban J connectivity index is 1.43. The number of benzene rings is 3. The maximum absolute atomic E-state index is 13.4. The van der Waals surface area contributed by atoms with E-state index < -0.39 is 0 Å². The molecule has 0 N–H and O–H groups in total. The van der Waals surface area contributed by atoms with Crippen LogP contribution < -0.4 is 10.5 Å². The predicted octanol–water partition coefficient (Wildman–Crippen LogP) is 4.36. The SMILES string of the molecule is O=c1c(-c2ccccc2)cc(-c2ccccc2)nn1CN1CCN(c2ccccc2)CC1. The van der Waals surface area contributed by atoms with E-state index in [9.17, 15) is 4.79 Å². The maximum atomic E-state index is 13.4. The Bertz CT molecular complexity index is 1220. The second-order valence-electron chi connectivity index (χ2n) is 8.06. The van der Waals surface area contributed by atoms with Gasteiger partial charge >= 0.3 is 0 Å². The average Bonchev–Trinajstić information content (AvgIpc) is 2.87. The lowest BCUT2D eigenvalue weighted by atomic mass is 10.0. The van der Waals surface area contributed by atoms with Gasteiger partial charge in [-0.2, -0.15) is 5.10 Å². The Morgan fingerprint density at radius 3 is 1.88 bits per heavy atom. The minimum absolute atomic E-state index is 0.0543. The summed E-state index contributed by atoms with van der Waals surface area (Å²) in [6, 6.07) is 32.3. The monoisotopic (exact) mass is 422 g/mol. The van der Waals surface area contributed by atoms with Crippen molar-refractivity contribution in [3.05, 3.63) is 107 Å². The van der Waals surface area contributed by atoms with E-state index in [1.807, 2.05) is 72.8 Å². The number of nitrogens with zero attached hydrogens (tertiary/aromatic N) is 4. The van der Waals surface area contributed by atoms with Gasteiger partial charge in [0.05, 0.1) is 17.9 Å². The third-order valence-corrected chi connectivity index (χ3v) is 5.96. The lowest BCUT2D eigenvalue weighted by Gasteiger charge is -2.36. The summed E-state index contributed by atoms with van der Waals surface area (Å²) in [5.74, 6) is 0. The van der Waals surface area contributed by atoms with Gasteiger partial charge in [0.25, 0.3) is 5.56 Å². The van der Waals surface area contributed by atoms with Crippen LogP contribution in [-0.4, -0.2) is 40.9 Å². The van der Waals surface area contributed by atoms with E-state index in [1.165, 1.54) is 5.69 Å². The second kappa shape index (κ2) is 9.20. The van der Waals surface area contributed by atoms with Gasteiger partial charge in [-0.3, -0.25) is 9.69 Å². The number of piperazine rings is 1. The van der Waals surface area contributed by atoms with E-state index in [4.69, 9.17) is 5.10 Å². The molecular weight excluding hydrogens is 396 g/mol. The molecule has 1 aliphatic heterocycles. The van der Waals surface area contributed by atoms with E-state index in [1.54, 1.807) is 4.68 Å². The van der Waals surface area contributed by atoms with Crippen molar-refractivity contribution in [2.75, 3.05) is 31.1 Å². The summed E-state index contributed by atoms with van der Waals surface area (Å²) < 4.78 is 1.63. The topological polar surface area (TPSA) is 41.4 Å². The van der Waals surface area contributed by atoms with Crippen molar-refractivity contribution in [1.82, 2.24) is 14.7 Å². The molecule has 2 heterocycles. The Labute approximate surface area is 188 Å². The van der Waals surface area contributed by atoms with Gasteiger partial charge in [0.15, 0.2) is 0 Å². The van der Waals surface area contributed by atoms with Crippen molar-refractivity contribution >= 4 is 5.69 Å². The molecule has 0 saturated carbocycles. The molecule has 3 aromatic carbocycles. The van der Waals surface area contributed by atoms with Crippen LogP contribution in [0.4, 0.5) is 5.69 Å². The van der Waals surface area contributed by atoms with Gasteiger partial charge in [-0.1, -0.05) is 78.9 Å². The van der Waals surface area contributed by atoms with Crippen LogP contribution in [0.2, 0.25) is 0 Å². The number of hydrogen-bond acceptors (Lipinski definition) is 4. The highest BCUT2D eigenvalue weighted by Gasteiger charge is 2.19. The van der Waals surface area contributed by atoms with Crippen LogP contribution in [0.25, 0.3) is 22.4 Å². The number of hydrogen-bond donors (Lipinski definition) is 0. The van der Waals surface area contributed by atoms with Crippen LogP contribution >= 0.6 is 0 Å². The molecule has 1 fully saturated rings. The number of aromatic nitrogens is 2. The smallest absolute Gasteiger partial charge is 0.275 e. The molecule has 1 saturated heterocycles. The molecule has 0 bridgehead atoms. The van der Waals surface area contributed by atoms with Crippen molar-refractivity contribution < 1.29 is 0 Å². The molecule has 0 amide bonds. The molecule has 160 valence electrons. The first-order valence-corrected chi connectivity index (χ1v) is 11.0. The molecule has 0 radical (unpaired) electrons. The molecule has 5 rings (SSSR count). The van der Waals surface area contributed by atoms with Gasteiger partial charge in [0.1, 0.15) is 0 Å². The minimum Gasteiger partial charge on any atom is -0.369 e. The molecule has 5 heteroatoms. The summed E-state index contributed by atoms with van der Waals surface area (Å²) >= 11 is 0. The van der Waals surface area contributed by atoms with Gasteiger partial charge in [-0.05, 0) is 23.8 Å². The van der Waals surface area contributed by atoms with Crippen molar-refractivity contribution in [2.45, 2.75) is 6.67 Å². The first kappa shape index (κ1) is 20.2. The lowest BCUT2D eigenvalue weighted by molar-refractivity contribution is 0.192. The van der Waals surface area contributed by atoms with Crippen LogP contribution in [0, 0.1) is 0 Å². The molecule has 1 aromatic heterocycles. The molecule has 5 nitrogen and oxygen atoms in total. The summed E-state index contributed by atoms with van der Waals surface area (Å²) in [6.45, 7) is 4.13. The Morgan fingerprint density at radius 2 is 1.25 bits per heavy atom. The van der Waals surface area contributed by atoms with Crippen molar-refractivity contribution in [3.8, 4) is 22.4 Å². The molecular formula is C27H26N4O. The quantitative estimate of drug-likeness (QED) is 0.479. The highest BCUT2D eigenvalue weighted by atomic mass is 16.1. The van der Waals surface area contributed by atoms with Gasteiger partial charge < -0.3 is 4.90 Å². The van der Waals surface area contributed by atoms with E-state index in [2.05, 4.69) is 34.1 Å². The van der Waals surface area contributed by atoms with E-state index >= 15 is 0 Å². The highest BCUT2D eigenvalue weighted by Crippen LogP contribution is 2.22. The van der Waals surface area contributed by atoms with Crippen LogP contribution in [0.5, 0.6) is 0 Å². The molecule has 1 aliphatic rings. The van der Waals surface area contributed by atoms with Crippen molar-refractivity contribution in [3.63, 3.8) is 0 Å². The van der Waals surface area contributed by atoms with Gasteiger partial charge in [-0.15, -0.1) is 0 Å². The third kappa shape index (κ3) is 4.34. The molecule has 32 heavy (non-hydrogen) atoms. The zero-order valence-electron chi connectivity index (χ0n) is 18.0. The Kier molecular flexibility index (Phi) is 5.81. The zero-order valence-corrected chi connectivity index (χ0v) is 18.0. The van der Waals surface area contributed by atoms with Crippen molar-refractivity contribution in [1.29, 1.82) is 0 Å². The summed E-state index contributed by atoms with van der Waals surface area (Å²) in [4.78, 5) is 18.1. The van der Waals surface area contributed by atoms with Crippen LogP contribution in [0.1, 0.15) is 0 Å². The van der Waals surface area contributed by atoms with E-state index in [0.29, 0.717) is 12.2 Å². The second-order valence-corrected chi connectivity index (χ2v) is 8.06. The van der Waals surface area contributed by atoms with E-state index in [0.717, 1.165) is 43.0 Å². The van der Waals surface area contributed by atoms with Crippen LogP contribution in [0.3, 0.4) is 0 Å².